The summed E-state index contributed by atoms with van der Waals surface area (Å²) in [4.78, 5) is 15.3. The van der Waals surface area contributed by atoms with E-state index in [1.807, 2.05) is 0 Å². The highest BCUT2D eigenvalue weighted by atomic mass is 32.1. The molecule has 0 bridgehead atoms. The molecule has 0 saturated heterocycles. The summed E-state index contributed by atoms with van der Waals surface area (Å²) in [6.45, 7) is 0. The van der Waals surface area contributed by atoms with Crippen molar-refractivity contribution in [2.75, 3.05) is 0 Å². The van der Waals surface area contributed by atoms with Crippen LogP contribution in [0.2, 0.25) is 0 Å². The molecule has 2 N–H and O–H groups in total. The second kappa shape index (κ2) is 4.19. The van der Waals surface area contributed by atoms with Crippen LogP contribution in [0.25, 0.3) is 11.3 Å². The van der Waals surface area contributed by atoms with Crippen molar-refractivity contribution in [2.45, 2.75) is 0 Å². The van der Waals surface area contributed by atoms with Crippen molar-refractivity contribution in [3.05, 3.63) is 30.2 Å². The molecule has 0 atom stereocenters. The van der Waals surface area contributed by atoms with Gasteiger partial charge in [-0.05, 0) is 11.3 Å². The Morgan fingerprint density at radius 1 is 1.56 bits per heavy atom. The van der Waals surface area contributed by atoms with E-state index in [4.69, 9.17) is 5.53 Å². The first-order valence-electron chi connectivity index (χ1n) is 4.25. The minimum Gasteiger partial charge on any atom is -0.265 e. The van der Waals surface area contributed by atoms with Crippen molar-refractivity contribution in [1.82, 2.24) is 15.3 Å². The van der Waals surface area contributed by atoms with Crippen LogP contribution in [0.1, 0.15) is 10.4 Å². The summed E-state index contributed by atoms with van der Waals surface area (Å²) in [6, 6.07) is 1.50. The molecule has 1 amide bonds. The number of aromatic nitrogens is 4. The van der Waals surface area contributed by atoms with Gasteiger partial charge in [-0.3, -0.25) is 9.78 Å². The van der Waals surface area contributed by atoms with E-state index in [2.05, 4.69) is 33.2 Å². The average molecular weight is 235 g/mol. The van der Waals surface area contributed by atoms with E-state index in [1.54, 1.807) is 0 Å². The Labute approximate surface area is 95.6 Å². The summed E-state index contributed by atoms with van der Waals surface area (Å²) < 4.78 is 1.34. The molecular weight excluding hydrogens is 228 g/mol. The Bertz CT molecular complexity index is 551. The molecule has 2 aromatic heterocycles. The topological polar surface area (TPSA) is 98.7 Å². The normalized spacial score (nSPS) is 10.1. The summed E-state index contributed by atoms with van der Waals surface area (Å²) >= 11 is 4.09. The summed E-state index contributed by atoms with van der Waals surface area (Å²) in [7, 11) is 0. The van der Waals surface area contributed by atoms with Crippen molar-refractivity contribution in [2.24, 2.45) is 5.11 Å². The fourth-order valence-corrected chi connectivity index (χ4v) is 1.49. The fourth-order valence-electron chi connectivity index (χ4n) is 1.28. The van der Waals surface area contributed by atoms with Crippen LogP contribution < -0.4 is 4.09 Å². The molecule has 16 heavy (non-hydrogen) atoms. The highest BCUT2D eigenvalue weighted by Crippen LogP contribution is 2.19. The summed E-state index contributed by atoms with van der Waals surface area (Å²) in [5, 5.41) is 9.21. The van der Waals surface area contributed by atoms with Gasteiger partial charge in [0.25, 0.3) is 5.91 Å². The van der Waals surface area contributed by atoms with Crippen LogP contribution in [-0.4, -0.2) is 21.2 Å². The van der Waals surface area contributed by atoms with Gasteiger partial charge in [-0.25, -0.2) is 5.53 Å². The number of amides is 1. The number of H-pyrrole nitrogens is 1. The van der Waals surface area contributed by atoms with Gasteiger partial charge < -0.3 is 0 Å². The highest BCUT2D eigenvalue weighted by Gasteiger charge is 2.19. The van der Waals surface area contributed by atoms with Crippen LogP contribution in [0.5, 0.6) is 0 Å². The molecule has 0 radical (unpaired) electrons. The summed E-state index contributed by atoms with van der Waals surface area (Å²) in [5.74, 6) is -0.632. The third-order valence-corrected chi connectivity index (χ3v) is 2.30. The Morgan fingerprint density at radius 3 is 3.00 bits per heavy atom. The maximum atomic E-state index is 11.4. The lowest BCUT2D eigenvalue weighted by Crippen LogP contribution is -2.25. The van der Waals surface area contributed by atoms with Gasteiger partial charge in [0.15, 0.2) is 0 Å². The molecule has 0 spiro atoms. The minimum absolute atomic E-state index is 0.286. The molecule has 0 aliphatic heterocycles. The second-order valence-corrected chi connectivity index (χ2v) is 3.29. The van der Waals surface area contributed by atoms with E-state index in [0.717, 1.165) is 0 Å². The Hall–Kier alpha value is -2.09. The van der Waals surface area contributed by atoms with E-state index < -0.39 is 5.91 Å². The molecule has 0 aliphatic rings. The fraction of sp³-hybridized carbons (Fsp3) is 0. The molecule has 8 heteroatoms. The Kier molecular flexibility index (Phi) is 2.73. The second-order valence-electron chi connectivity index (χ2n) is 2.89. The number of rotatable bonds is 2. The van der Waals surface area contributed by atoms with Crippen molar-refractivity contribution >= 4 is 18.7 Å². The maximum absolute atomic E-state index is 11.4. The van der Waals surface area contributed by atoms with Crippen LogP contribution in [-0.2, 0) is 0 Å². The number of thiol groups is 1. The van der Waals surface area contributed by atoms with Crippen molar-refractivity contribution in [3.8, 4) is 11.3 Å². The number of nitrogens with zero attached hydrogens (tertiary/aromatic N) is 4. The zero-order chi connectivity index (χ0) is 11.5. The standard InChI is InChI=1S/C8H6N6OS/c9-12-8(15)5-1-2-10-3-6(5)7-4-11-13-14(7)16/h1-4,9,16H/p+1. The predicted molar refractivity (Wildman–Crippen MR) is 55.9 cm³/mol. The molecule has 2 heterocycles. The zero-order valence-corrected chi connectivity index (χ0v) is 8.85. The lowest BCUT2D eigenvalue weighted by molar-refractivity contribution is -0.548. The first-order chi connectivity index (χ1) is 7.74. The SMILES string of the molecule is N=NC(=O)c1ccncc1-c1cn[nH][n+]1S. The van der Waals surface area contributed by atoms with Crippen molar-refractivity contribution in [1.29, 1.82) is 5.53 Å². The Balaban J connectivity index is 2.61. The highest BCUT2D eigenvalue weighted by molar-refractivity contribution is 7.73. The largest absolute Gasteiger partial charge is 0.295 e. The quantitative estimate of drug-likeness (QED) is 0.404. The lowest BCUT2D eigenvalue weighted by Gasteiger charge is -1.99. The number of carbonyl (C=O) groups is 1. The molecule has 80 valence electrons. The van der Waals surface area contributed by atoms with Gasteiger partial charge in [0.2, 0.25) is 11.9 Å². The van der Waals surface area contributed by atoms with Crippen LogP contribution in [0.3, 0.4) is 0 Å². The molecular formula is C8H7N6OS+. The third-order valence-electron chi connectivity index (χ3n) is 2.00. The van der Waals surface area contributed by atoms with E-state index >= 15 is 0 Å². The van der Waals surface area contributed by atoms with Gasteiger partial charge in [0.1, 0.15) is 0 Å². The zero-order valence-electron chi connectivity index (χ0n) is 7.95. The smallest absolute Gasteiger partial charge is 0.265 e. The van der Waals surface area contributed by atoms with E-state index in [0.29, 0.717) is 11.3 Å². The lowest BCUT2D eigenvalue weighted by atomic mass is 10.1. The van der Waals surface area contributed by atoms with Crippen LogP contribution in [0.15, 0.2) is 29.8 Å². The van der Waals surface area contributed by atoms with Gasteiger partial charge >= 0.3 is 0 Å². The van der Waals surface area contributed by atoms with Crippen LogP contribution >= 0.6 is 12.8 Å². The summed E-state index contributed by atoms with van der Waals surface area (Å²) in [5.41, 5.74) is 8.11. The summed E-state index contributed by atoms with van der Waals surface area (Å²) in [6.07, 6.45) is 4.46. The number of hydrogen-bond donors (Lipinski definition) is 3. The number of nitrogens with one attached hydrogen (secondary N) is 2. The van der Waals surface area contributed by atoms with Crippen molar-refractivity contribution in [3.63, 3.8) is 0 Å². The molecule has 0 unspecified atom stereocenters. The van der Waals surface area contributed by atoms with Gasteiger partial charge in [0, 0.05) is 17.5 Å². The number of pyridine rings is 1. The first kappa shape index (κ1) is 10.4. The maximum Gasteiger partial charge on any atom is 0.295 e. The molecule has 7 nitrogen and oxygen atoms in total. The van der Waals surface area contributed by atoms with Gasteiger partial charge in [-0.15, -0.1) is 5.11 Å². The average Bonchev–Trinajstić information content (AvgIpc) is 2.74. The first-order valence-corrected chi connectivity index (χ1v) is 4.65. The predicted octanol–water partition coefficient (Wildman–Crippen LogP) is 0.623. The molecule has 0 saturated carbocycles. The number of hydrogen-bond acceptors (Lipinski definition) is 5. The third kappa shape index (κ3) is 1.70. The Morgan fingerprint density at radius 2 is 2.38 bits per heavy atom. The van der Waals surface area contributed by atoms with E-state index in [1.165, 1.54) is 28.7 Å². The monoisotopic (exact) mass is 235 g/mol. The molecule has 2 aromatic rings. The van der Waals surface area contributed by atoms with Gasteiger partial charge in [-0.2, -0.15) is 0 Å². The van der Waals surface area contributed by atoms with Gasteiger partial charge in [0.05, 0.1) is 23.9 Å². The number of aromatic amines is 1. The van der Waals surface area contributed by atoms with Crippen molar-refractivity contribution < 1.29 is 8.88 Å². The van der Waals surface area contributed by atoms with E-state index in [-0.39, 0.29) is 5.56 Å². The molecule has 0 fully saturated rings. The van der Waals surface area contributed by atoms with Crippen LogP contribution in [0, 0.1) is 5.53 Å². The minimum atomic E-state index is -0.632. The van der Waals surface area contributed by atoms with E-state index in [9.17, 15) is 4.79 Å². The molecule has 0 aromatic carbocycles. The molecule has 2 rings (SSSR count). The van der Waals surface area contributed by atoms with Crippen LogP contribution in [0.4, 0.5) is 0 Å². The van der Waals surface area contributed by atoms with Gasteiger partial charge in [-0.1, -0.05) is 4.09 Å². The number of carbonyl (C=O) groups excluding carboxylic acids is 1. The molecule has 0 aliphatic carbocycles.